The summed E-state index contributed by atoms with van der Waals surface area (Å²) in [6, 6.07) is 8.28. The van der Waals surface area contributed by atoms with Crippen molar-refractivity contribution in [2.75, 3.05) is 0 Å². The summed E-state index contributed by atoms with van der Waals surface area (Å²) in [7, 11) is 0. The fourth-order valence-corrected chi connectivity index (χ4v) is 2.23. The summed E-state index contributed by atoms with van der Waals surface area (Å²) in [6.07, 6.45) is 1.40. The first-order valence-electron chi connectivity index (χ1n) is 6.56. The zero-order valence-electron chi connectivity index (χ0n) is 12.0. The smallest absolute Gasteiger partial charge is 0.248 e. The van der Waals surface area contributed by atoms with Gasteiger partial charge in [0.15, 0.2) is 0 Å². The van der Waals surface area contributed by atoms with Gasteiger partial charge in [0, 0.05) is 11.3 Å². The maximum Gasteiger partial charge on any atom is 0.271 e. The van der Waals surface area contributed by atoms with Crippen LogP contribution in [0.1, 0.15) is 17.0 Å². The Morgan fingerprint density at radius 2 is 2.09 bits per heavy atom. The molecule has 2 heterocycles. The Kier molecular flexibility index (Phi) is 3.68. The Morgan fingerprint density at radius 3 is 2.77 bits per heavy atom. The molecule has 2 aromatic heterocycles. The van der Waals surface area contributed by atoms with Crippen molar-refractivity contribution in [1.82, 2.24) is 24.7 Å². The van der Waals surface area contributed by atoms with E-state index in [0.29, 0.717) is 16.3 Å². The average molecular weight is 316 g/mol. The topological polar surface area (TPSA) is 63.8 Å². The second-order valence-corrected chi connectivity index (χ2v) is 5.13. The Bertz CT molecular complexity index is 904. The van der Waals surface area contributed by atoms with Crippen LogP contribution in [0.5, 0.6) is 0 Å². The molecule has 0 saturated carbocycles. The van der Waals surface area contributed by atoms with Crippen LogP contribution in [-0.4, -0.2) is 30.9 Å². The van der Waals surface area contributed by atoms with Gasteiger partial charge in [0.25, 0.3) is 5.95 Å². The summed E-state index contributed by atoms with van der Waals surface area (Å²) in [4.78, 5) is 0. The van der Waals surface area contributed by atoms with E-state index in [1.807, 2.05) is 19.9 Å². The molecule has 0 bridgehead atoms. The van der Waals surface area contributed by atoms with Crippen LogP contribution in [0.15, 0.2) is 35.4 Å². The highest BCUT2D eigenvalue weighted by atomic mass is 32.1. The molecule has 1 N–H and O–H groups in total. The number of halogens is 1. The Labute approximate surface area is 130 Å². The van der Waals surface area contributed by atoms with E-state index in [0.717, 1.165) is 11.4 Å². The molecular weight excluding hydrogens is 303 g/mol. The third-order valence-corrected chi connectivity index (χ3v) is 3.31. The maximum atomic E-state index is 13.6. The molecule has 112 valence electrons. The van der Waals surface area contributed by atoms with Gasteiger partial charge in [-0.1, -0.05) is 18.2 Å². The summed E-state index contributed by atoms with van der Waals surface area (Å²) in [5.41, 5.74) is 2.12. The van der Waals surface area contributed by atoms with Gasteiger partial charge in [-0.3, -0.25) is 0 Å². The lowest BCUT2D eigenvalue weighted by Gasteiger charge is -2.02. The second kappa shape index (κ2) is 5.64. The summed E-state index contributed by atoms with van der Waals surface area (Å²) in [6.45, 7) is 3.79. The van der Waals surface area contributed by atoms with Gasteiger partial charge in [-0.05, 0) is 38.2 Å². The van der Waals surface area contributed by atoms with Crippen LogP contribution in [0.3, 0.4) is 0 Å². The van der Waals surface area contributed by atoms with Crippen LogP contribution in [0, 0.1) is 24.4 Å². The molecule has 0 radical (unpaired) electrons. The standard InChI is InChI=1S/C14H13FN6S/c1-9-7-10(2)20(19-9)13-17-18-14(22)21(13)16-8-11-5-3-4-6-12(11)15/h3-8H,1-2H3,(H,18,22)/b16-8-. The summed E-state index contributed by atoms with van der Waals surface area (Å²) >= 11 is 5.17. The predicted octanol–water partition coefficient (Wildman–Crippen LogP) is 2.76. The van der Waals surface area contributed by atoms with Gasteiger partial charge in [-0.15, -0.1) is 5.10 Å². The van der Waals surface area contributed by atoms with Crippen molar-refractivity contribution in [1.29, 1.82) is 0 Å². The molecule has 0 aliphatic heterocycles. The van der Waals surface area contributed by atoms with Gasteiger partial charge in [-0.25, -0.2) is 14.2 Å². The molecule has 0 unspecified atom stereocenters. The minimum absolute atomic E-state index is 0.301. The van der Waals surface area contributed by atoms with E-state index in [2.05, 4.69) is 20.4 Å². The van der Waals surface area contributed by atoms with Crippen molar-refractivity contribution < 1.29 is 4.39 Å². The number of rotatable bonds is 3. The van der Waals surface area contributed by atoms with Gasteiger partial charge in [0.1, 0.15) is 5.82 Å². The number of nitrogens with one attached hydrogen (secondary N) is 1. The van der Waals surface area contributed by atoms with Crippen LogP contribution >= 0.6 is 12.2 Å². The van der Waals surface area contributed by atoms with E-state index in [9.17, 15) is 4.39 Å². The fraction of sp³-hybridized carbons (Fsp3) is 0.143. The van der Waals surface area contributed by atoms with Crippen molar-refractivity contribution in [3.8, 4) is 5.95 Å². The number of aromatic nitrogens is 5. The molecule has 0 fully saturated rings. The molecule has 1 aromatic carbocycles. The fourth-order valence-electron chi connectivity index (χ4n) is 2.06. The summed E-state index contributed by atoms with van der Waals surface area (Å²) < 4.78 is 17.0. The number of aryl methyl sites for hydroxylation is 2. The van der Waals surface area contributed by atoms with Crippen molar-refractivity contribution >= 4 is 18.4 Å². The number of H-pyrrole nitrogens is 1. The van der Waals surface area contributed by atoms with E-state index in [1.165, 1.54) is 17.0 Å². The minimum Gasteiger partial charge on any atom is -0.248 e. The molecule has 0 amide bonds. The third-order valence-electron chi connectivity index (χ3n) is 3.05. The van der Waals surface area contributed by atoms with E-state index in [4.69, 9.17) is 12.2 Å². The second-order valence-electron chi connectivity index (χ2n) is 4.75. The third kappa shape index (κ3) is 2.60. The first kappa shape index (κ1) is 14.3. The number of hydrogen-bond donors (Lipinski definition) is 1. The van der Waals surface area contributed by atoms with Crippen LogP contribution in [0.4, 0.5) is 4.39 Å². The van der Waals surface area contributed by atoms with E-state index >= 15 is 0 Å². The molecular formula is C14H13FN6S. The molecule has 8 heteroatoms. The van der Waals surface area contributed by atoms with Gasteiger partial charge >= 0.3 is 0 Å². The van der Waals surface area contributed by atoms with Gasteiger partial charge in [0.2, 0.25) is 4.77 Å². The number of nitrogens with zero attached hydrogens (tertiary/aromatic N) is 5. The number of aromatic amines is 1. The maximum absolute atomic E-state index is 13.6. The first-order valence-corrected chi connectivity index (χ1v) is 6.97. The molecule has 6 nitrogen and oxygen atoms in total. The lowest BCUT2D eigenvalue weighted by Crippen LogP contribution is -2.07. The molecule has 0 aliphatic carbocycles. The van der Waals surface area contributed by atoms with Crippen molar-refractivity contribution in [3.05, 3.63) is 57.9 Å². The minimum atomic E-state index is -0.353. The van der Waals surface area contributed by atoms with Gasteiger partial charge < -0.3 is 0 Å². The lowest BCUT2D eigenvalue weighted by atomic mass is 10.2. The van der Waals surface area contributed by atoms with Crippen molar-refractivity contribution in [2.45, 2.75) is 13.8 Å². The molecule has 0 atom stereocenters. The van der Waals surface area contributed by atoms with Crippen LogP contribution in [0.25, 0.3) is 5.95 Å². The number of hydrogen-bond acceptors (Lipinski definition) is 4. The van der Waals surface area contributed by atoms with E-state index in [1.54, 1.807) is 22.9 Å². The monoisotopic (exact) mass is 316 g/mol. The average Bonchev–Trinajstić information content (AvgIpc) is 3.00. The molecule has 0 aliphatic rings. The highest BCUT2D eigenvalue weighted by Crippen LogP contribution is 2.10. The molecule has 22 heavy (non-hydrogen) atoms. The molecule has 0 saturated heterocycles. The van der Waals surface area contributed by atoms with Crippen molar-refractivity contribution in [3.63, 3.8) is 0 Å². The zero-order valence-corrected chi connectivity index (χ0v) is 12.8. The normalized spacial score (nSPS) is 11.4. The van der Waals surface area contributed by atoms with E-state index < -0.39 is 0 Å². The summed E-state index contributed by atoms with van der Waals surface area (Å²) in [5.74, 6) is 0.0668. The molecule has 3 aromatic rings. The number of benzene rings is 1. The van der Waals surface area contributed by atoms with Gasteiger partial charge in [0.05, 0.1) is 11.9 Å². The quantitative estimate of drug-likeness (QED) is 0.597. The van der Waals surface area contributed by atoms with Gasteiger partial charge in [-0.2, -0.15) is 14.9 Å². The Balaban J connectivity index is 2.06. The SMILES string of the molecule is Cc1cc(C)n(-c2n[nH]c(=S)n2/N=C\c2ccccc2F)n1. The Hall–Kier alpha value is -2.61. The largest absolute Gasteiger partial charge is 0.271 e. The van der Waals surface area contributed by atoms with Crippen molar-refractivity contribution in [2.24, 2.45) is 5.10 Å². The zero-order chi connectivity index (χ0) is 15.7. The lowest BCUT2D eigenvalue weighted by molar-refractivity contribution is 0.625. The Morgan fingerprint density at radius 1 is 1.32 bits per heavy atom. The predicted molar refractivity (Wildman–Crippen MR) is 83.4 cm³/mol. The van der Waals surface area contributed by atoms with Crippen LogP contribution in [0.2, 0.25) is 0 Å². The van der Waals surface area contributed by atoms with Crippen LogP contribution < -0.4 is 0 Å². The molecule has 0 spiro atoms. The highest BCUT2D eigenvalue weighted by Gasteiger charge is 2.11. The summed E-state index contributed by atoms with van der Waals surface area (Å²) in [5, 5.41) is 15.4. The van der Waals surface area contributed by atoms with Crippen LogP contribution in [-0.2, 0) is 0 Å². The molecule has 3 rings (SSSR count). The van der Waals surface area contributed by atoms with E-state index in [-0.39, 0.29) is 5.82 Å². The highest BCUT2D eigenvalue weighted by molar-refractivity contribution is 7.71. The first-order chi connectivity index (χ1) is 10.6.